The lowest BCUT2D eigenvalue weighted by atomic mass is 9.90. The molecule has 0 radical (unpaired) electrons. The molecule has 2 N–H and O–H groups in total. The Morgan fingerprint density at radius 3 is 2.65 bits per heavy atom. The summed E-state index contributed by atoms with van der Waals surface area (Å²) in [6, 6.07) is 3.85. The van der Waals surface area contributed by atoms with Gasteiger partial charge in [0.2, 0.25) is 5.88 Å². The number of hydrogen-bond donors (Lipinski definition) is 1. The fourth-order valence-electron chi connectivity index (χ4n) is 1.74. The van der Waals surface area contributed by atoms with E-state index in [1.54, 1.807) is 12.4 Å². The molecule has 2 heterocycles. The molecule has 0 aliphatic rings. The van der Waals surface area contributed by atoms with Gasteiger partial charge in [-0.1, -0.05) is 32.0 Å². The third kappa shape index (κ3) is 2.16. The Hall–Kier alpha value is -1.84. The van der Waals surface area contributed by atoms with E-state index in [-0.39, 0.29) is 0 Å². The molecule has 0 fully saturated rings. The predicted molar refractivity (Wildman–Crippen MR) is 67.4 cm³/mol. The van der Waals surface area contributed by atoms with Gasteiger partial charge in [0.15, 0.2) is 0 Å². The van der Waals surface area contributed by atoms with Crippen molar-refractivity contribution in [2.75, 3.05) is 5.73 Å². The quantitative estimate of drug-likeness (QED) is 0.881. The molecular weight excluding hydrogens is 214 g/mol. The summed E-state index contributed by atoms with van der Waals surface area (Å²) in [7, 11) is 0. The first-order chi connectivity index (χ1) is 8.11. The number of nitrogen functional groups attached to an aromatic ring is 1. The largest absolute Gasteiger partial charge is 0.367 e. The van der Waals surface area contributed by atoms with Crippen LogP contribution in [0.2, 0.25) is 0 Å². The molecule has 2 aromatic heterocycles. The average molecular weight is 231 g/mol. The first kappa shape index (κ1) is 11.6. The van der Waals surface area contributed by atoms with E-state index < -0.39 is 0 Å². The molecule has 1 atom stereocenters. The van der Waals surface area contributed by atoms with Gasteiger partial charge in [0.25, 0.3) is 0 Å². The van der Waals surface area contributed by atoms with Crippen molar-refractivity contribution < 1.29 is 4.52 Å². The summed E-state index contributed by atoms with van der Waals surface area (Å²) in [6.07, 6.45) is 3.51. The van der Waals surface area contributed by atoms with E-state index in [0.717, 1.165) is 16.8 Å². The molecule has 0 aliphatic carbocycles. The van der Waals surface area contributed by atoms with Crippen LogP contribution in [0.1, 0.15) is 32.4 Å². The highest BCUT2D eigenvalue weighted by Gasteiger charge is 2.22. The van der Waals surface area contributed by atoms with Crippen LogP contribution in [0.5, 0.6) is 0 Å². The Balaban J connectivity index is 2.51. The fraction of sp³-hybridized carbons (Fsp3) is 0.385. The minimum atomic E-state index is 0.297. The lowest BCUT2D eigenvalue weighted by Crippen LogP contribution is -2.04. The van der Waals surface area contributed by atoms with Gasteiger partial charge in [0.05, 0.1) is 11.3 Å². The molecule has 0 aromatic carbocycles. The van der Waals surface area contributed by atoms with Crippen LogP contribution in [-0.2, 0) is 0 Å². The van der Waals surface area contributed by atoms with Crippen molar-refractivity contribution in [2.45, 2.75) is 26.7 Å². The van der Waals surface area contributed by atoms with Gasteiger partial charge in [-0.05, 0) is 12.0 Å². The molecule has 0 bridgehead atoms. The summed E-state index contributed by atoms with van der Waals surface area (Å²) in [4.78, 5) is 4.10. The zero-order valence-corrected chi connectivity index (χ0v) is 10.3. The molecule has 2 aromatic rings. The fourth-order valence-corrected chi connectivity index (χ4v) is 1.74. The lowest BCUT2D eigenvalue weighted by molar-refractivity contribution is 0.407. The third-order valence-electron chi connectivity index (χ3n) is 3.13. The van der Waals surface area contributed by atoms with Gasteiger partial charge in [-0.2, -0.15) is 0 Å². The van der Waals surface area contributed by atoms with Crippen LogP contribution in [0, 0.1) is 5.92 Å². The highest BCUT2D eigenvalue weighted by molar-refractivity contribution is 5.74. The monoisotopic (exact) mass is 231 g/mol. The first-order valence-corrected chi connectivity index (χ1v) is 5.76. The molecule has 4 nitrogen and oxygen atoms in total. The molecule has 90 valence electrons. The summed E-state index contributed by atoms with van der Waals surface area (Å²) in [5.41, 5.74) is 8.59. The van der Waals surface area contributed by atoms with Crippen molar-refractivity contribution in [1.82, 2.24) is 10.1 Å². The Morgan fingerprint density at radius 2 is 2.06 bits per heavy atom. The number of pyridine rings is 1. The highest BCUT2D eigenvalue weighted by atomic mass is 16.5. The van der Waals surface area contributed by atoms with Crippen LogP contribution < -0.4 is 5.73 Å². The number of rotatable bonds is 3. The second kappa shape index (κ2) is 4.57. The van der Waals surface area contributed by atoms with Crippen molar-refractivity contribution >= 4 is 5.88 Å². The number of hydrogen-bond acceptors (Lipinski definition) is 4. The number of nitrogens with zero attached hydrogens (tertiary/aromatic N) is 2. The molecule has 1 unspecified atom stereocenters. The second-order valence-corrected chi connectivity index (χ2v) is 4.58. The Kier molecular flexibility index (Phi) is 3.13. The maximum Gasteiger partial charge on any atom is 0.230 e. The lowest BCUT2D eigenvalue weighted by Gasteiger charge is -2.13. The normalized spacial score (nSPS) is 12.9. The zero-order valence-electron chi connectivity index (χ0n) is 10.3. The third-order valence-corrected chi connectivity index (χ3v) is 3.13. The van der Waals surface area contributed by atoms with Gasteiger partial charge in [-0.3, -0.25) is 4.98 Å². The maximum atomic E-state index is 5.85. The van der Waals surface area contributed by atoms with Crippen molar-refractivity contribution in [3.63, 3.8) is 0 Å². The van der Waals surface area contributed by atoms with Crippen LogP contribution in [0.25, 0.3) is 11.1 Å². The van der Waals surface area contributed by atoms with E-state index >= 15 is 0 Å². The van der Waals surface area contributed by atoms with E-state index in [0.29, 0.717) is 17.7 Å². The second-order valence-electron chi connectivity index (χ2n) is 4.58. The Morgan fingerprint density at radius 1 is 1.29 bits per heavy atom. The number of anilines is 1. The van der Waals surface area contributed by atoms with Crippen molar-refractivity contribution in [3.05, 3.63) is 30.2 Å². The van der Waals surface area contributed by atoms with Gasteiger partial charge < -0.3 is 10.3 Å². The van der Waals surface area contributed by atoms with Gasteiger partial charge in [-0.15, -0.1) is 0 Å². The van der Waals surface area contributed by atoms with Crippen LogP contribution in [-0.4, -0.2) is 10.1 Å². The van der Waals surface area contributed by atoms with E-state index in [1.165, 1.54) is 0 Å². The number of nitrogens with two attached hydrogens (primary N) is 1. The van der Waals surface area contributed by atoms with Crippen LogP contribution >= 0.6 is 0 Å². The zero-order chi connectivity index (χ0) is 12.4. The Labute approximate surface area is 101 Å². The van der Waals surface area contributed by atoms with E-state index in [1.807, 2.05) is 12.1 Å². The first-order valence-electron chi connectivity index (χ1n) is 5.76. The number of aromatic nitrogens is 2. The summed E-state index contributed by atoms with van der Waals surface area (Å²) in [5, 5.41) is 4.09. The van der Waals surface area contributed by atoms with Crippen molar-refractivity contribution in [3.8, 4) is 11.1 Å². The molecule has 4 heteroatoms. The van der Waals surface area contributed by atoms with Gasteiger partial charge in [0.1, 0.15) is 0 Å². The van der Waals surface area contributed by atoms with Crippen molar-refractivity contribution in [2.24, 2.45) is 5.92 Å². The van der Waals surface area contributed by atoms with Crippen LogP contribution in [0.15, 0.2) is 29.0 Å². The highest BCUT2D eigenvalue weighted by Crippen LogP contribution is 2.35. The molecule has 17 heavy (non-hydrogen) atoms. The molecule has 0 saturated heterocycles. The minimum Gasteiger partial charge on any atom is -0.367 e. The predicted octanol–water partition coefficient (Wildman–Crippen LogP) is 3.08. The SMILES string of the molecule is CC(C)C(C)c1noc(N)c1-c1cccnc1. The smallest absolute Gasteiger partial charge is 0.230 e. The molecule has 0 amide bonds. The van der Waals surface area contributed by atoms with E-state index in [4.69, 9.17) is 10.3 Å². The summed E-state index contributed by atoms with van der Waals surface area (Å²) in [5.74, 6) is 1.14. The maximum absolute atomic E-state index is 5.85. The van der Waals surface area contributed by atoms with Crippen LogP contribution in [0.3, 0.4) is 0 Å². The Bertz CT molecular complexity index is 491. The topological polar surface area (TPSA) is 64.9 Å². The van der Waals surface area contributed by atoms with Crippen molar-refractivity contribution in [1.29, 1.82) is 0 Å². The van der Waals surface area contributed by atoms with Gasteiger partial charge in [0, 0.05) is 23.9 Å². The molecule has 0 aliphatic heterocycles. The minimum absolute atomic E-state index is 0.297. The standard InChI is InChI=1S/C13H17N3O/c1-8(2)9(3)12-11(13(14)17-16-12)10-5-4-6-15-7-10/h4-9H,14H2,1-3H3. The van der Waals surface area contributed by atoms with Crippen LogP contribution in [0.4, 0.5) is 5.88 Å². The summed E-state index contributed by atoms with van der Waals surface area (Å²) >= 11 is 0. The summed E-state index contributed by atoms with van der Waals surface area (Å²) < 4.78 is 5.12. The average Bonchev–Trinajstić information content (AvgIpc) is 2.71. The molecule has 2 rings (SSSR count). The molecule has 0 spiro atoms. The van der Waals surface area contributed by atoms with E-state index in [9.17, 15) is 0 Å². The van der Waals surface area contributed by atoms with Gasteiger partial charge in [-0.25, -0.2) is 0 Å². The summed E-state index contributed by atoms with van der Waals surface area (Å²) in [6.45, 7) is 6.44. The molecular formula is C13H17N3O. The molecule has 0 saturated carbocycles. The van der Waals surface area contributed by atoms with Gasteiger partial charge >= 0.3 is 0 Å². The van der Waals surface area contributed by atoms with E-state index in [2.05, 4.69) is 30.9 Å².